The Bertz CT molecular complexity index is 869. The Balaban J connectivity index is 1.69. The Kier molecular flexibility index (Phi) is 6.04. The van der Waals surface area contributed by atoms with Crippen molar-refractivity contribution in [1.82, 2.24) is 15.6 Å². The number of methoxy groups -OCH3 is 1. The molecule has 5 heteroatoms. The molecule has 0 saturated heterocycles. The number of rotatable bonds is 6. The zero-order chi connectivity index (χ0) is 18.2. The second-order valence-corrected chi connectivity index (χ2v) is 5.88. The van der Waals surface area contributed by atoms with Crippen molar-refractivity contribution in [2.75, 3.05) is 13.7 Å². The molecule has 0 bridgehead atoms. The fourth-order valence-electron chi connectivity index (χ4n) is 2.73. The SMILES string of the molecule is CCNC(=NCc1ccc(OC)cc1)NCc1ccnc2ccccc12. The van der Waals surface area contributed by atoms with Crippen LogP contribution < -0.4 is 15.4 Å². The van der Waals surface area contributed by atoms with Crippen molar-refractivity contribution in [2.45, 2.75) is 20.0 Å². The summed E-state index contributed by atoms with van der Waals surface area (Å²) in [6, 6.07) is 18.2. The Morgan fingerprint density at radius 1 is 1.04 bits per heavy atom. The smallest absolute Gasteiger partial charge is 0.191 e. The molecule has 3 aromatic rings. The first-order chi connectivity index (χ1) is 12.8. The van der Waals surface area contributed by atoms with Crippen LogP contribution >= 0.6 is 0 Å². The van der Waals surface area contributed by atoms with E-state index in [0.717, 1.165) is 34.7 Å². The minimum atomic E-state index is 0.608. The van der Waals surface area contributed by atoms with Crippen molar-refractivity contribution < 1.29 is 4.74 Å². The maximum atomic E-state index is 5.19. The highest BCUT2D eigenvalue weighted by atomic mass is 16.5. The standard InChI is InChI=1S/C21H24N4O/c1-3-22-21(24-14-16-8-10-18(26-2)11-9-16)25-15-17-12-13-23-20-7-5-4-6-19(17)20/h4-13H,3,14-15H2,1-2H3,(H2,22,24,25). The minimum absolute atomic E-state index is 0.608. The zero-order valence-electron chi connectivity index (χ0n) is 15.2. The molecule has 0 fully saturated rings. The number of aliphatic imine (C=N–C) groups is 1. The second-order valence-electron chi connectivity index (χ2n) is 5.88. The van der Waals surface area contributed by atoms with Crippen LogP contribution in [0.5, 0.6) is 5.75 Å². The molecule has 1 aromatic heterocycles. The van der Waals surface area contributed by atoms with Gasteiger partial charge in [-0.3, -0.25) is 4.98 Å². The molecule has 0 aliphatic heterocycles. The normalized spacial score (nSPS) is 11.4. The molecule has 0 radical (unpaired) electrons. The largest absolute Gasteiger partial charge is 0.497 e. The van der Waals surface area contributed by atoms with E-state index in [1.807, 2.05) is 54.7 Å². The highest BCUT2D eigenvalue weighted by Crippen LogP contribution is 2.16. The van der Waals surface area contributed by atoms with Gasteiger partial charge in [-0.15, -0.1) is 0 Å². The maximum Gasteiger partial charge on any atom is 0.191 e. The summed E-state index contributed by atoms with van der Waals surface area (Å²) < 4.78 is 5.19. The van der Waals surface area contributed by atoms with E-state index >= 15 is 0 Å². The number of guanidine groups is 1. The third-order valence-electron chi connectivity index (χ3n) is 4.11. The summed E-state index contributed by atoms with van der Waals surface area (Å²) in [4.78, 5) is 9.08. The number of nitrogens with one attached hydrogen (secondary N) is 2. The lowest BCUT2D eigenvalue weighted by Gasteiger charge is -2.12. The number of nitrogens with zero attached hydrogens (tertiary/aromatic N) is 2. The van der Waals surface area contributed by atoms with Gasteiger partial charge in [-0.05, 0) is 42.3 Å². The van der Waals surface area contributed by atoms with Gasteiger partial charge in [0.1, 0.15) is 5.75 Å². The lowest BCUT2D eigenvalue weighted by Crippen LogP contribution is -2.36. The first-order valence-corrected chi connectivity index (χ1v) is 8.78. The fraction of sp³-hybridized carbons (Fsp3) is 0.238. The lowest BCUT2D eigenvalue weighted by atomic mass is 10.1. The highest BCUT2D eigenvalue weighted by Gasteiger charge is 2.03. The third-order valence-corrected chi connectivity index (χ3v) is 4.11. The fourth-order valence-corrected chi connectivity index (χ4v) is 2.73. The van der Waals surface area contributed by atoms with Crippen molar-refractivity contribution in [2.24, 2.45) is 4.99 Å². The van der Waals surface area contributed by atoms with Crippen LogP contribution in [0.15, 0.2) is 65.8 Å². The van der Waals surface area contributed by atoms with E-state index in [-0.39, 0.29) is 0 Å². The molecular weight excluding hydrogens is 324 g/mol. The van der Waals surface area contributed by atoms with Gasteiger partial charge in [-0.1, -0.05) is 30.3 Å². The predicted molar refractivity (Wildman–Crippen MR) is 106 cm³/mol. The first-order valence-electron chi connectivity index (χ1n) is 8.78. The number of aromatic nitrogens is 1. The molecule has 3 rings (SSSR count). The van der Waals surface area contributed by atoms with Gasteiger partial charge in [0.25, 0.3) is 0 Å². The molecule has 0 aliphatic carbocycles. The summed E-state index contributed by atoms with van der Waals surface area (Å²) in [7, 11) is 1.67. The van der Waals surface area contributed by atoms with E-state index in [0.29, 0.717) is 13.1 Å². The third kappa shape index (κ3) is 4.51. The van der Waals surface area contributed by atoms with Crippen LogP contribution in [0.2, 0.25) is 0 Å². The lowest BCUT2D eigenvalue weighted by molar-refractivity contribution is 0.414. The van der Waals surface area contributed by atoms with E-state index in [1.165, 1.54) is 5.56 Å². The van der Waals surface area contributed by atoms with Crippen LogP contribution in [0.25, 0.3) is 10.9 Å². The Labute approximate surface area is 154 Å². The molecule has 0 unspecified atom stereocenters. The van der Waals surface area contributed by atoms with Crippen LogP contribution in [0.1, 0.15) is 18.1 Å². The van der Waals surface area contributed by atoms with E-state index in [9.17, 15) is 0 Å². The van der Waals surface area contributed by atoms with Crippen molar-refractivity contribution in [3.05, 3.63) is 71.9 Å². The van der Waals surface area contributed by atoms with E-state index in [2.05, 4.69) is 33.6 Å². The summed E-state index contributed by atoms with van der Waals surface area (Å²) in [5, 5.41) is 7.86. The molecule has 0 saturated carbocycles. The topological polar surface area (TPSA) is 58.5 Å². The quantitative estimate of drug-likeness (QED) is 0.529. The molecule has 5 nitrogen and oxygen atoms in total. The Morgan fingerprint density at radius 2 is 1.85 bits per heavy atom. The second kappa shape index (κ2) is 8.85. The minimum Gasteiger partial charge on any atom is -0.497 e. The van der Waals surface area contributed by atoms with Gasteiger partial charge in [0.05, 0.1) is 19.2 Å². The number of hydrogen-bond acceptors (Lipinski definition) is 3. The molecule has 0 atom stereocenters. The monoisotopic (exact) mass is 348 g/mol. The van der Waals surface area contributed by atoms with Crippen LogP contribution in [-0.2, 0) is 13.1 Å². The molecule has 0 amide bonds. The maximum absolute atomic E-state index is 5.19. The van der Waals surface area contributed by atoms with Gasteiger partial charge in [-0.25, -0.2) is 4.99 Å². The van der Waals surface area contributed by atoms with Gasteiger partial charge >= 0.3 is 0 Å². The zero-order valence-corrected chi connectivity index (χ0v) is 15.2. The van der Waals surface area contributed by atoms with Crippen molar-refractivity contribution in [3.63, 3.8) is 0 Å². The number of benzene rings is 2. The number of hydrogen-bond donors (Lipinski definition) is 2. The molecule has 1 heterocycles. The van der Waals surface area contributed by atoms with Crippen molar-refractivity contribution >= 4 is 16.9 Å². The molecule has 0 spiro atoms. The average Bonchev–Trinajstić information content (AvgIpc) is 2.70. The Hall–Kier alpha value is -3.08. The number of pyridine rings is 1. The molecular formula is C21H24N4O. The number of fused-ring (bicyclic) bond motifs is 1. The first kappa shape index (κ1) is 17.7. The van der Waals surface area contributed by atoms with Crippen molar-refractivity contribution in [1.29, 1.82) is 0 Å². The summed E-state index contributed by atoms with van der Waals surface area (Å²) >= 11 is 0. The predicted octanol–water partition coefficient (Wildman–Crippen LogP) is 3.50. The molecule has 134 valence electrons. The highest BCUT2D eigenvalue weighted by molar-refractivity contribution is 5.83. The van der Waals surface area contributed by atoms with Crippen molar-refractivity contribution in [3.8, 4) is 5.75 Å². The van der Waals surface area contributed by atoms with Crippen LogP contribution in [-0.4, -0.2) is 24.6 Å². The number of ether oxygens (including phenoxy) is 1. The van der Waals surface area contributed by atoms with Crippen LogP contribution in [0.4, 0.5) is 0 Å². The Morgan fingerprint density at radius 3 is 2.62 bits per heavy atom. The van der Waals surface area contributed by atoms with Gasteiger partial charge in [0.2, 0.25) is 0 Å². The molecule has 2 N–H and O–H groups in total. The summed E-state index contributed by atoms with van der Waals surface area (Å²) in [6.45, 7) is 4.17. The van der Waals surface area contributed by atoms with Gasteiger partial charge in [-0.2, -0.15) is 0 Å². The molecule has 0 aliphatic rings. The summed E-state index contributed by atoms with van der Waals surface area (Å²) in [5.74, 6) is 1.65. The number of para-hydroxylation sites is 1. The van der Waals surface area contributed by atoms with E-state index in [4.69, 9.17) is 4.74 Å². The van der Waals surface area contributed by atoms with Crippen LogP contribution in [0, 0.1) is 0 Å². The summed E-state index contributed by atoms with van der Waals surface area (Å²) in [5.41, 5.74) is 3.34. The molecule has 26 heavy (non-hydrogen) atoms. The van der Waals surface area contributed by atoms with Gasteiger partial charge < -0.3 is 15.4 Å². The average molecular weight is 348 g/mol. The molecule has 2 aromatic carbocycles. The van der Waals surface area contributed by atoms with Gasteiger partial charge in [0.15, 0.2) is 5.96 Å². The van der Waals surface area contributed by atoms with Crippen LogP contribution in [0.3, 0.4) is 0 Å². The van der Waals surface area contributed by atoms with E-state index in [1.54, 1.807) is 7.11 Å². The summed E-state index contributed by atoms with van der Waals surface area (Å²) in [6.07, 6.45) is 1.85. The van der Waals surface area contributed by atoms with Gasteiger partial charge in [0, 0.05) is 24.7 Å². The van der Waals surface area contributed by atoms with E-state index < -0.39 is 0 Å².